The number of hydrogen-bond donors (Lipinski definition) is 2. The van der Waals surface area contributed by atoms with E-state index in [1.165, 1.54) is 13.1 Å². The Kier molecular flexibility index (Phi) is 4.73. The molecule has 1 aromatic carbocycles. The van der Waals surface area contributed by atoms with E-state index in [0.29, 0.717) is 15.6 Å². The molecule has 1 aromatic rings. The van der Waals surface area contributed by atoms with E-state index in [0.717, 1.165) is 0 Å². The SMILES string of the molecule is C[C@@H](O)C(=O)N/N=C\c1ccc(Cl)c(Cl)c1. The van der Waals surface area contributed by atoms with Crippen molar-refractivity contribution >= 4 is 35.3 Å². The lowest BCUT2D eigenvalue weighted by atomic mass is 10.2. The average Bonchev–Trinajstić information content (AvgIpc) is 2.23. The molecule has 0 aliphatic carbocycles. The summed E-state index contributed by atoms with van der Waals surface area (Å²) in [6.07, 6.45) is 0.314. The van der Waals surface area contributed by atoms with Crippen molar-refractivity contribution in [3.63, 3.8) is 0 Å². The molecule has 0 aliphatic heterocycles. The third-order valence-electron chi connectivity index (χ3n) is 1.71. The van der Waals surface area contributed by atoms with E-state index in [-0.39, 0.29) is 0 Å². The number of nitrogens with zero attached hydrogens (tertiary/aromatic N) is 1. The standard InChI is InChI=1S/C10H10Cl2N2O2/c1-6(15)10(16)14-13-5-7-2-3-8(11)9(12)4-7/h2-6,15H,1H3,(H,14,16)/b13-5-/t6-/m1/s1. The molecule has 2 N–H and O–H groups in total. The molecule has 0 radical (unpaired) electrons. The summed E-state index contributed by atoms with van der Waals surface area (Å²) in [5, 5.41) is 13.4. The highest BCUT2D eigenvalue weighted by Crippen LogP contribution is 2.21. The largest absolute Gasteiger partial charge is 0.383 e. The molecule has 0 saturated carbocycles. The van der Waals surface area contributed by atoms with Gasteiger partial charge >= 0.3 is 0 Å². The zero-order valence-electron chi connectivity index (χ0n) is 8.45. The fourth-order valence-electron chi connectivity index (χ4n) is 0.857. The Hall–Kier alpha value is -1.10. The molecule has 16 heavy (non-hydrogen) atoms. The Morgan fingerprint density at radius 2 is 2.19 bits per heavy atom. The van der Waals surface area contributed by atoms with Gasteiger partial charge in [-0.15, -0.1) is 0 Å². The summed E-state index contributed by atoms with van der Waals surface area (Å²) in [5.74, 6) is -0.573. The number of carbonyl (C=O) groups is 1. The predicted octanol–water partition coefficient (Wildman–Crippen LogP) is 1.82. The average molecular weight is 261 g/mol. The van der Waals surface area contributed by atoms with E-state index in [4.69, 9.17) is 28.3 Å². The summed E-state index contributed by atoms with van der Waals surface area (Å²) < 4.78 is 0. The fourth-order valence-corrected chi connectivity index (χ4v) is 1.16. The van der Waals surface area contributed by atoms with Crippen molar-refractivity contribution in [1.82, 2.24) is 5.43 Å². The van der Waals surface area contributed by atoms with Crippen LogP contribution in [0.1, 0.15) is 12.5 Å². The number of amides is 1. The molecule has 0 saturated heterocycles. The summed E-state index contributed by atoms with van der Waals surface area (Å²) >= 11 is 11.5. The Morgan fingerprint density at radius 3 is 2.75 bits per heavy atom. The maximum atomic E-state index is 10.9. The first-order valence-electron chi connectivity index (χ1n) is 4.46. The van der Waals surface area contributed by atoms with Crippen molar-refractivity contribution in [2.24, 2.45) is 5.10 Å². The number of halogens is 2. The van der Waals surface area contributed by atoms with Crippen molar-refractivity contribution in [1.29, 1.82) is 0 Å². The van der Waals surface area contributed by atoms with Gasteiger partial charge in [-0.25, -0.2) is 5.43 Å². The first kappa shape index (κ1) is 13.0. The minimum absolute atomic E-state index is 0.410. The zero-order valence-corrected chi connectivity index (χ0v) is 9.96. The second-order valence-corrected chi connectivity index (χ2v) is 3.90. The fraction of sp³-hybridized carbons (Fsp3) is 0.200. The molecule has 86 valence electrons. The minimum Gasteiger partial charge on any atom is -0.383 e. The quantitative estimate of drug-likeness (QED) is 0.644. The third-order valence-corrected chi connectivity index (χ3v) is 2.45. The molecule has 1 rings (SSSR count). The van der Waals surface area contributed by atoms with E-state index in [2.05, 4.69) is 10.5 Å². The van der Waals surface area contributed by atoms with Crippen molar-refractivity contribution < 1.29 is 9.90 Å². The van der Waals surface area contributed by atoms with Gasteiger partial charge in [0, 0.05) is 0 Å². The Bertz CT molecular complexity index is 419. The number of aliphatic hydroxyl groups excluding tert-OH is 1. The van der Waals surface area contributed by atoms with Gasteiger partial charge in [0.2, 0.25) is 0 Å². The van der Waals surface area contributed by atoms with Crippen LogP contribution in [0.15, 0.2) is 23.3 Å². The minimum atomic E-state index is -1.09. The topological polar surface area (TPSA) is 61.7 Å². The molecule has 1 atom stereocenters. The lowest BCUT2D eigenvalue weighted by Gasteiger charge is -2.01. The van der Waals surface area contributed by atoms with E-state index in [9.17, 15) is 4.79 Å². The molecule has 0 bridgehead atoms. The summed E-state index contributed by atoms with van der Waals surface area (Å²) in [4.78, 5) is 10.9. The summed E-state index contributed by atoms with van der Waals surface area (Å²) in [5.41, 5.74) is 2.86. The Labute approximate surface area is 103 Å². The van der Waals surface area contributed by atoms with Crippen molar-refractivity contribution in [2.75, 3.05) is 0 Å². The molecule has 0 spiro atoms. The van der Waals surface area contributed by atoms with Gasteiger partial charge in [-0.2, -0.15) is 5.10 Å². The van der Waals surface area contributed by atoms with E-state index in [1.807, 2.05) is 0 Å². The lowest BCUT2D eigenvalue weighted by molar-refractivity contribution is -0.128. The molecule has 0 aliphatic rings. The molecule has 0 unspecified atom stereocenters. The normalized spacial score (nSPS) is 12.8. The van der Waals surface area contributed by atoms with Crippen LogP contribution in [0, 0.1) is 0 Å². The third kappa shape index (κ3) is 3.81. The maximum absolute atomic E-state index is 10.9. The molecule has 1 amide bonds. The monoisotopic (exact) mass is 260 g/mol. The van der Waals surface area contributed by atoms with Crippen molar-refractivity contribution in [3.8, 4) is 0 Å². The number of aliphatic hydroxyl groups is 1. The zero-order chi connectivity index (χ0) is 12.1. The van der Waals surface area contributed by atoms with Crippen LogP contribution in [0.5, 0.6) is 0 Å². The summed E-state index contributed by atoms with van der Waals surface area (Å²) in [7, 11) is 0. The Balaban J connectivity index is 2.63. The number of carbonyl (C=O) groups excluding carboxylic acids is 1. The number of hydrogen-bond acceptors (Lipinski definition) is 3. The molecule has 4 nitrogen and oxygen atoms in total. The van der Waals surface area contributed by atoms with E-state index in [1.54, 1.807) is 18.2 Å². The van der Waals surface area contributed by atoms with E-state index >= 15 is 0 Å². The highest BCUT2D eigenvalue weighted by atomic mass is 35.5. The van der Waals surface area contributed by atoms with E-state index < -0.39 is 12.0 Å². The molecular weight excluding hydrogens is 251 g/mol. The number of benzene rings is 1. The van der Waals surface area contributed by atoms with Crippen LogP contribution in [-0.2, 0) is 4.79 Å². The van der Waals surface area contributed by atoms with Crippen LogP contribution in [0.25, 0.3) is 0 Å². The van der Waals surface area contributed by atoms with Crippen LogP contribution in [0.2, 0.25) is 10.0 Å². The number of rotatable bonds is 3. The van der Waals surface area contributed by atoms with Gasteiger partial charge < -0.3 is 5.11 Å². The van der Waals surface area contributed by atoms with Crippen LogP contribution < -0.4 is 5.43 Å². The van der Waals surface area contributed by atoms with Gasteiger partial charge in [-0.1, -0.05) is 29.3 Å². The van der Waals surface area contributed by atoms with Gasteiger partial charge in [0.1, 0.15) is 6.10 Å². The van der Waals surface area contributed by atoms with Gasteiger partial charge in [-0.3, -0.25) is 4.79 Å². The maximum Gasteiger partial charge on any atom is 0.268 e. The summed E-state index contributed by atoms with van der Waals surface area (Å²) in [6, 6.07) is 4.94. The van der Waals surface area contributed by atoms with Crippen LogP contribution in [0.4, 0.5) is 0 Å². The van der Waals surface area contributed by atoms with Gasteiger partial charge in [0.05, 0.1) is 16.3 Å². The molecule has 6 heteroatoms. The highest BCUT2D eigenvalue weighted by molar-refractivity contribution is 6.42. The first-order valence-corrected chi connectivity index (χ1v) is 5.22. The second kappa shape index (κ2) is 5.84. The number of hydrazone groups is 1. The van der Waals surface area contributed by atoms with Crippen LogP contribution >= 0.6 is 23.2 Å². The van der Waals surface area contributed by atoms with Gasteiger partial charge in [-0.05, 0) is 24.6 Å². The molecular formula is C10H10Cl2N2O2. The highest BCUT2D eigenvalue weighted by Gasteiger charge is 2.05. The lowest BCUT2D eigenvalue weighted by Crippen LogP contribution is -2.28. The Morgan fingerprint density at radius 1 is 1.50 bits per heavy atom. The van der Waals surface area contributed by atoms with Crippen molar-refractivity contribution in [3.05, 3.63) is 33.8 Å². The second-order valence-electron chi connectivity index (χ2n) is 3.08. The molecule has 0 heterocycles. The van der Waals surface area contributed by atoms with Crippen molar-refractivity contribution in [2.45, 2.75) is 13.0 Å². The molecule has 0 aromatic heterocycles. The number of nitrogens with one attached hydrogen (secondary N) is 1. The molecule has 0 fully saturated rings. The van der Waals surface area contributed by atoms with Crippen LogP contribution in [-0.4, -0.2) is 23.3 Å². The van der Waals surface area contributed by atoms with Gasteiger partial charge in [0.25, 0.3) is 5.91 Å². The van der Waals surface area contributed by atoms with Gasteiger partial charge in [0.15, 0.2) is 0 Å². The smallest absolute Gasteiger partial charge is 0.268 e. The summed E-state index contributed by atoms with van der Waals surface area (Å²) in [6.45, 7) is 1.35. The predicted molar refractivity (Wildman–Crippen MR) is 63.9 cm³/mol. The first-order chi connectivity index (χ1) is 7.50. The van der Waals surface area contributed by atoms with Crippen LogP contribution in [0.3, 0.4) is 0 Å².